The molecule has 0 aliphatic heterocycles. The summed E-state index contributed by atoms with van der Waals surface area (Å²) in [6.07, 6.45) is 6.21. The van der Waals surface area contributed by atoms with Crippen molar-refractivity contribution in [1.82, 2.24) is 0 Å². The minimum absolute atomic E-state index is 0. The van der Waals surface area contributed by atoms with Gasteiger partial charge in [-0.1, -0.05) is 37.4 Å². The third-order valence-corrected chi connectivity index (χ3v) is 3.15. The van der Waals surface area contributed by atoms with Crippen molar-refractivity contribution in [2.45, 2.75) is 19.5 Å². The average Bonchev–Trinajstić information content (AvgIpc) is 3.16. The van der Waals surface area contributed by atoms with Crippen molar-refractivity contribution >= 4 is 25.6 Å². The average molecular weight is 497 g/mol. The Hall–Kier alpha value is -1.12. The van der Waals surface area contributed by atoms with Crippen LogP contribution in [0.15, 0.2) is 66.7 Å². The number of hydrogen-bond donors (Lipinski definition) is 0. The van der Waals surface area contributed by atoms with Crippen LogP contribution in [-0.4, -0.2) is 8.80 Å². The molecular formula is C22H26HfSi. The molecule has 0 atom stereocenters. The molecule has 1 aliphatic rings. The van der Waals surface area contributed by atoms with Crippen molar-refractivity contribution in [3.05, 3.63) is 97.9 Å². The van der Waals surface area contributed by atoms with Crippen molar-refractivity contribution in [3.63, 3.8) is 0 Å². The molecule has 1 aliphatic carbocycles. The minimum atomic E-state index is -0.389. The number of rotatable bonds is 0. The first kappa shape index (κ1) is 22.9. The number of benzene rings is 2. The fourth-order valence-electron chi connectivity index (χ4n) is 2.18. The summed E-state index contributed by atoms with van der Waals surface area (Å²) in [5.74, 6) is 0. The van der Waals surface area contributed by atoms with Crippen LogP contribution in [0.3, 0.4) is 0 Å². The van der Waals surface area contributed by atoms with E-state index >= 15 is 0 Å². The van der Waals surface area contributed by atoms with Crippen LogP contribution in [0.4, 0.5) is 0 Å². The van der Waals surface area contributed by atoms with Crippen LogP contribution in [-0.2, 0) is 32.3 Å². The van der Waals surface area contributed by atoms with Gasteiger partial charge in [0.1, 0.15) is 0 Å². The van der Waals surface area contributed by atoms with Crippen molar-refractivity contribution < 1.29 is 25.8 Å². The summed E-state index contributed by atoms with van der Waals surface area (Å²) in [6, 6.07) is 23.1. The SMILES string of the molecule is [C-]1=Cc2ccccc2C1.[CH2-][SiH](C)C.[CH3-].[Hf+4].c1ccc2[cH-]ccc2c1. The summed E-state index contributed by atoms with van der Waals surface area (Å²) >= 11 is 0. The van der Waals surface area contributed by atoms with Crippen molar-refractivity contribution in [2.75, 3.05) is 0 Å². The molecule has 0 spiro atoms. The molecule has 3 aromatic rings. The predicted molar refractivity (Wildman–Crippen MR) is 108 cm³/mol. The molecule has 2 heteroatoms. The van der Waals surface area contributed by atoms with Gasteiger partial charge in [-0.05, 0) is 0 Å². The number of hydrogen-bond acceptors (Lipinski definition) is 0. The summed E-state index contributed by atoms with van der Waals surface area (Å²) in [4.78, 5) is 0. The first-order valence-corrected chi connectivity index (χ1v) is 10.9. The van der Waals surface area contributed by atoms with Crippen molar-refractivity contribution in [2.24, 2.45) is 0 Å². The summed E-state index contributed by atoms with van der Waals surface area (Å²) in [5, 5.41) is 2.66. The van der Waals surface area contributed by atoms with E-state index in [4.69, 9.17) is 0 Å². The van der Waals surface area contributed by atoms with Gasteiger partial charge in [-0.2, -0.15) is 23.1 Å². The first-order chi connectivity index (χ1) is 10.7. The standard InChI is InChI=1S/2C9H7.C3H9Si.CH3.Hf/c2*1-2-5-9-7-3-6-8(9)4-1;1-4(2)3;;/h1-2,4-6H,7H2;1-7H;4H,1H2,2-3H3;1H3;/q4*-1;+4. The van der Waals surface area contributed by atoms with Gasteiger partial charge in [0.05, 0.1) is 0 Å². The van der Waals surface area contributed by atoms with Crippen molar-refractivity contribution in [1.29, 1.82) is 0 Å². The maximum absolute atomic E-state index is 3.78. The molecule has 0 fully saturated rings. The van der Waals surface area contributed by atoms with E-state index in [1.807, 2.05) is 0 Å². The normalized spacial score (nSPS) is 10.5. The van der Waals surface area contributed by atoms with Crippen LogP contribution in [0.2, 0.25) is 13.1 Å². The zero-order valence-electron chi connectivity index (χ0n) is 14.9. The molecule has 0 saturated heterocycles. The van der Waals surface area contributed by atoms with Gasteiger partial charge >= 0.3 is 25.8 Å². The largest absolute Gasteiger partial charge is 4.00 e. The maximum atomic E-state index is 3.78. The Kier molecular flexibility index (Phi) is 11.7. The molecule has 0 amide bonds. The molecule has 0 bridgehead atoms. The molecule has 0 unspecified atom stereocenters. The second-order valence-corrected chi connectivity index (χ2v) is 8.56. The summed E-state index contributed by atoms with van der Waals surface area (Å²) in [7, 11) is -0.389. The summed E-state index contributed by atoms with van der Waals surface area (Å²) in [5.41, 5.74) is 2.73. The van der Waals surface area contributed by atoms with Crippen LogP contribution in [0.5, 0.6) is 0 Å². The Morgan fingerprint density at radius 2 is 1.62 bits per heavy atom. The summed E-state index contributed by atoms with van der Waals surface area (Å²) < 4.78 is 0. The van der Waals surface area contributed by atoms with E-state index in [0.717, 1.165) is 6.42 Å². The van der Waals surface area contributed by atoms with E-state index in [0.29, 0.717) is 0 Å². The van der Waals surface area contributed by atoms with Crippen LogP contribution in [0.1, 0.15) is 11.1 Å². The Balaban J connectivity index is 0.000000341. The minimum Gasteiger partial charge on any atom is -0.358 e. The van der Waals surface area contributed by atoms with Crippen LogP contribution >= 0.6 is 0 Å². The van der Waals surface area contributed by atoms with E-state index in [1.165, 1.54) is 21.9 Å². The van der Waals surface area contributed by atoms with Crippen LogP contribution < -0.4 is 0 Å². The van der Waals surface area contributed by atoms with Gasteiger partial charge in [-0.15, -0.1) is 56.5 Å². The Morgan fingerprint density at radius 3 is 2.29 bits per heavy atom. The number of allylic oxidation sites excluding steroid dienone is 1. The van der Waals surface area contributed by atoms with E-state index in [1.54, 1.807) is 0 Å². The Labute approximate surface area is 168 Å². The molecule has 0 N–H and O–H groups in total. The number of fused-ring (bicyclic) bond motifs is 2. The second kappa shape index (κ2) is 12.3. The molecule has 0 aromatic heterocycles. The van der Waals surface area contributed by atoms with E-state index in [2.05, 4.69) is 98.5 Å². The second-order valence-electron chi connectivity index (χ2n) is 5.77. The molecule has 3 aromatic carbocycles. The topological polar surface area (TPSA) is 0 Å². The zero-order valence-corrected chi connectivity index (χ0v) is 19.7. The fraction of sp³-hybridized carbons (Fsp3) is 0.136. The van der Waals surface area contributed by atoms with Gasteiger partial charge in [0.25, 0.3) is 0 Å². The quantitative estimate of drug-likeness (QED) is 0.268. The third-order valence-electron chi connectivity index (χ3n) is 3.15. The molecule has 0 saturated carbocycles. The van der Waals surface area contributed by atoms with Crippen molar-refractivity contribution in [3.8, 4) is 0 Å². The zero-order chi connectivity index (χ0) is 15.8. The van der Waals surface area contributed by atoms with Gasteiger partial charge in [-0.25, -0.2) is 6.08 Å². The first-order valence-electron chi connectivity index (χ1n) is 7.75. The predicted octanol–water partition coefficient (Wildman–Crippen LogP) is 5.91. The van der Waals surface area contributed by atoms with Gasteiger partial charge < -0.3 is 14.0 Å². The molecule has 0 heterocycles. The van der Waals surface area contributed by atoms with E-state index in [9.17, 15) is 0 Å². The van der Waals surface area contributed by atoms with E-state index < -0.39 is 0 Å². The Bertz CT molecular complexity index is 692. The molecule has 122 valence electrons. The van der Waals surface area contributed by atoms with Gasteiger partial charge in [0.15, 0.2) is 0 Å². The summed E-state index contributed by atoms with van der Waals surface area (Å²) in [6.45, 7) is 8.17. The third kappa shape index (κ3) is 7.63. The fourth-order valence-corrected chi connectivity index (χ4v) is 2.18. The smallest absolute Gasteiger partial charge is 0.358 e. The van der Waals surface area contributed by atoms with E-state index in [-0.39, 0.29) is 42.1 Å². The molecular weight excluding hydrogens is 471 g/mol. The van der Waals surface area contributed by atoms with Gasteiger partial charge in [-0.3, -0.25) is 6.08 Å². The molecule has 24 heavy (non-hydrogen) atoms. The van der Waals surface area contributed by atoms with Gasteiger partial charge in [0, 0.05) is 0 Å². The molecule has 0 nitrogen and oxygen atoms in total. The molecule has 4 rings (SSSR count). The monoisotopic (exact) mass is 498 g/mol. The van der Waals surface area contributed by atoms with Crippen LogP contribution in [0, 0.1) is 20.0 Å². The van der Waals surface area contributed by atoms with Gasteiger partial charge in [0.2, 0.25) is 0 Å². The molecule has 0 radical (unpaired) electrons. The maximum Gasteiger partial charge on any atom is 4.00 e. The van der Waals surface area contributed by atoms with Crippen LogP contribution in [0.25, 0.3) is 16.8 Å². The Morgan fingerprint density at radius 1 is 1.00 bits per heavy atom.